The van der Waals surface area contributed by atoms with Crippen molar-refractivity contribution in [3.8, 4) is 0 Å². The van der Waals surface area contributed by atoms with Crippen LogP contribution in [0.3, 0.4) is 0 Å². The zero-order valence-electron chi connectivity index (χ0n) is 15.8. The van der Waals surface area contributed by atoms with Gasteiger partial charge in [-0.3, -0.25) is 9.79 Å². The van der Waals surface area contributed by atoms with E-state index in [-0.39, 0.29) is 42.1 Å². The number of aromatic nitrogens is 2. The monoisotopic (exact) mass is 489 g/mol. The van der Waals surface area contributed by atoms with Crippen molar-refractivity contribution in [2.24, 2.45) is 10.7 Å². The molecule has 2 aliphatic rings. The van der Waals surface area contributed by atoms with E-state index in [9.17, 15) is 4.79 Å². The lowest BCUT2D eigenvalue weighted by molar-refractivity contribution is -0.140. The number of amides is 1. The van der Waals surface area contributed by atoms with E-state index in [1.807, 2.05) is 6.07 Å². The summed E-state index contributed by atoms with van der Waals surface area (Å²) < 4.78 is 5.80. The van der Waals surface area contributed by atoms with Crippen LogP contribution in [-0.2, 0) is 9.53 Å². The van der Waals surface area contributed by atoms with E-state index in [1.54, 1.807) is 31.4 Å². The highest BCUT2D eigenvalue weighted by molar-refractivity contribution is 14.0. The van der Waals surface area contributed by atoms with Crippen LogP contribution in [0.5, 0.6) is 0 Å². The molecule has 150 valence electrons. The second-order valence-corrected chi connectivity index (χ2v) is 6.78. The van der Waals surface area contributed by atoms with Crippen LogP contribution < -0.4 is 10.6 Å². The molecule has 0 spiro atoms. The van der Waals surface area contributed by atoms with Gasteiger partial charge in [0, 0.05) is 52.7 Å². The Morgan fingerprint density at radius 3 is 2.56 bits per heavy atom. The molecule has 2 aliphatic heterocycles. The maximum atomic E-state index is 11.9. The first-order valence-corrected chi connectivity index (χ1v) is 8.98. The molecule has 1 aromatic rings. The van der Waals surface area contributed by atoms with Gasteiger partial charge in [0.25, 0.3) is 5.91 Å². The molecule has 2 N–H and O–H groups in total. The van der Waals surface area contributed by atoms with Crippen molar-refractivity contribution >= 4 is 41.8 Å². The van der Waals surface area contributed by atoms with E-state index in [0.717, 1.165) is 45.0 Å². The number of rotatable bonds is 4. The summed E-state index contributed by atoms with van der Waals surface area (Å²) in [6.07, 6.45) is 4.69. The third-order valence-electron chi connectivity index (χ3n) is 4.72. The molecule has 27 heavy (non-hydrogen) atoms. The van der Waals surface area contributed by atoms with Gasteiger partial charge in [-0.15, -0.1) is 24.0 Å². The zero-order valence-corrected chi connectivity index (χ0v) is 18.2. The van der Waals surface area contributed by atoms with E-state index >= 15 is 0 Å². The number of ether oxygens (including phenoxy) is 1. The fraction of sp³-hybridized carbons (Fsp3) is 0.647. The van der Waals surface area contributed by atoms with Gasteiger partial charge >= 0.3 is 0 Å². The van der Waals surface area contributed by atoms with Crippen LogP contribution in [0.1, 0.15) is 12.8 Å². The Bertz CT molecular complexity index is 635. The average molecular weight is 489 g/mol. The maximum Gasteiger partial charge on any atom is 0.251 e. The van der Waals surface area contributed by atoms with Crippen LogP contribution in [0.2, 0.25) is 0 Å². The molecule has 2 fully saturated rings. The minimum absolute atomic E-state index is 0. The van der Waals surface area contributed by atoms with Gasteiger partial charge in [0.1, 0.15) is 6.10 Å². The summed E-state index contributed by atoms with van der Waals surface area (Å²) >= 11 is 0. The lowest BCUT2D eigenvalue weighted by atomic mass is 10.2. The largest absolute Gasteiger partial charge is 0.370 e. The Morgan fingerprint density at radius 2 is 1.93 bits per heavy atom. The van der Waals surface area contributed by atoms with E-state index in [2.05, 4.69) is 24.8 Å². The minimum Gasteiger partial charge on any atom is -0.370 e. The molecule has 2 saturated heterocycles. The number of nitrogens with zero attached hydrogens (tertiary/aromatic N) is 6. The highest BCUT2D eigenvalue weighted by Crippen LogP contribution is 2.21. The van der Waals surface area contributed by atoms with Crippen LogP contribution in [-0.4, -0.2) is 90.7 Å². The van der Waals surface area contributed by atoms with Gasteiger partial charge in [0.15, 0.2) is 5.96 Å². The SMILES string of the molecule is CN(C)C(=O)C1CCC(CN=C(N)N2CCN(c3ncccn3)CC2)O1.I. The van der Waals surface area contributed by atoms with Crippen LogP contribution in [0.25, 0.3) is 0 Å². The summed E-state index contributed by atoms with van der Waals surface area (Å²) in [5.41, 5.74) is 6.15. The van der Waals surface area contributed by atoms with Crippen LogP contribution in [0, 0.1) is 0 Å². The first kappa shape index (κ1) is 21.6. The third-order valence-corrected chi connectivity index (χ3v) is 4.72. The highest BCUT2D eigenvalue weighted by Gasteiger charge is 2.31. The summed E-state index contributed by atoms with van der Waals surface area (Å²) in [5, 5.41) is 0. The smallest absolute Gasteiger partial charge is 0.251 e. The second kappa shape index (κ2) is 10.0. The maximum absolute atomic E-state index is 11.9. The van der Waals surface area contributed by atoms with Gasteiger partial charge in [-0.1, -0.05) is 0 Å². The number of aliphatic imine (C=N–C) groups is 1. The molecular weight excluding hydrogens is 461 g/mol. The van der Waals surface area contributed by atoms with Crippen molar-refractivity contribution in [1.82, 2.24) is 19.8 Å². The van der Waals surface area contributed by atoms with Crippen LogP contribution in [0.15, 0.2) is 23.5 Å². The van der Waals surface area contributed by atoms with Gasteiger partial charge in [-0.25, -0.2) is 9.97 Å². The van der Waals surface area contributed by atoms with Crippen LogP contribution >= 0.6 is 24.0 Å². The van der Waals surface area contributed by atoms with E-state index in [0.29, 0.717) is 12.5 Å². The number of carbonyl (C=O) groups is 1. The topological polar surface area (TPSA) is 100 Å². The molecule has 2 unspecified atom stereocenters. The number of likely N-dealkylation sites (N-methyl/N-ethyl adjacent to an activating group) is 1. The number of carbonyl (C=O) groups excluding carboxylic acids is 1. The van der Waals surface area contributed by atoms with Gasteiger partial charge < -0.3 is 25.2 Å². The van der Waals surface area contributed by atoms with Crippen molar-refractivity contribution in [3.63, 3.8) is 0 Å². The summed E-state index contributed by atoms with van der Waals surface area (Å²) in [5.74, 6) is 1.30. The number of nitrogens with two attached hydrogens (primary N) is 1. The molecular formula is C17H28IN7O2. The number of piperazine rings is 1. The number of hydrogen-bond donors (Lipinski definition) is 1. The fourth-order valence-electron chi connectivity index (χ4n) is 3.20. The molecule has 2 atom stereocenters. The van der Waals surface area contributed by atoms with Gasteiger partial charge in [0.05, 0.1) is 12.6 Å². The molecule has 0 saturated carbocycles. The number of guanidine groups is 1. The van der Waals surface area contributed by atoms with Crippen molar-refractivity contribution in [3.05, 3.63) is 18.5 Å². The second-order valence-electron chi connectivity index (χ2n) is 6.78. The van der Waals surface area contributed by atoms with Gasteiger partial charge in [0.2, 0.25) is 5.95 Å². The summed E-state index contributed by atoms with van der Waals surface area (Å²) in [7, 11) is 3.49. The van der Waals surface area contributed by atoms with Crippen molar-refractivity contribution in [2.75, 3.05) is 51.7 Å². The molecule has 0 bridgehead atoms. The summed E-state index contributed by atoms with van der Waals surface area (Å²) in [6, 6.07) is 1.81. The first-order chi connectivity index (χ1) is 12.5. The number of hydrogen-bond acceptors (Lipinski definition) is 6. The molecule has 1 aromatic heterocycles. The van der Waals surface area contributed by atoms with E-state index in [4.69, 9.17) is 10.5 Å². The fourth-order valence-corrected chi connectivity index (χ4v) is 3.20. The van der Waals surface area contributed by atoms with Gasteiger partial charge in [-0.05, 0) is 18.9 Å². The van der Waals surface area contributed by atoms with Crippen molar-refractivity contribution in [2.45, 2.75) is 25.0 Å². The van der Waals surface area contributed by atoms with Gasteiger partial charge in [-0.2, -0.15) is 0 Å². The molecule has 1 amide bonds. The molecule has 3 heterocycles. The van der Waals surface area contributed by atoms with Crippen LogP contribution in [0.4, 0.5) is 5.95 Å². The Morgan fingerprint density at radius 1 is 1.26 bits per heavy atom. The number of anilines is 1. The lowest BCUT2D eigenvalue weighted by Crippen LogP contribution is -2.51. The normalized spacial score (nSPS) is 23.1. The molecule has 9 nitrogen and oxygen atoms in total. The molecule has 0 radical (unpaired) electrons. The first-order valence-electron chi connectivity index (χ1n) is 8.98. The van der Waals surface area contributed by atoms with E-state index in [1.165, 1.54) is 0 Å². The van der Waals surface area contributed by atoms with E-state index < -0.39 is 0 Å². The Balaban J connectivity index is 0.00000261. The summed E-state index contributed by atoms with van der Waals surface area (Å²) in [6.45, 7) is 3.66. The standard InChI is InChI=1S/C17H27N7O2.HI/c1-22(2)15(25)14-5-4-13(26-14)12-21-16(18)23-8-10-24(11-9-23)17-19-6-3-7-20-17;/h3,6-7,13-14H,4-5,8-12H2,1-2H3,(H2,18,21);1H. The quantitative estimate of drug-likeness (QED) is 0.366. The lowest BCUT2D eigenvalue weighted by Gasteiger charge is -2.35. The Hall–Kier alpha value is -1.69. The Labute approximate surface area is 177 Å². The molecule has 3 rings (SSSR count). The molecule has 0 aromatic carbocycles. The molecule has 10 heteroatoms. The zero-order chi connectivity index (χ0) is 18.5. The van der Waals surface area contributed by atoms with Crippen molar-refractivity contribution < 1.29 is 9.53 Å². The minimum atomic E-state index is -0.346. The molecule has 0 aliphatic carbocycles. The third kappa shape index (κ3) is 5.64. The summed E-state index contributed by atoms with van der Waals surface area (Å²) in [4.78, 5) is 30.8. The predicted octanol–water partition coefficient (Wildman–Crippen LogP) is 0.167. The Kier molecular flexibility index (Phi) is 8.02. The predicted molar refractivity (Wildman–Crippen MR) is 114 cm³/mol. The number of halogens is 1. The average Bonchev–Trinajstić information content (AvgIpc) is 3.15. The highest BCUT2D eigenvalue weighted by atomic mass is 127. The van der Waals surface area contributed by atoms with Crippen molar-refractivity contribution in [1.29, 1.82) is 0 Å².